The minimum atomic E-state index is -0.0491. The van der Waals surface area contributed by atoms with Crippen LogP contribution in [0.1, 0.15) is 55.0 Å². The molecule has 0 N–H and O–H groups in total. The topological polar surface area (TPSA) is 75.6 Å². The fourth-order valence-electron chi connectivity index (χ4n) is 2.90. The average Bonchev–Trinajstić information content (AvgIpc) is 3.30. The maximum absolute atomic E-state index is 12.3. The number of furan rings is 1. The van der Waals surface area contributed by atoms with Crippen LogP contribution in [0.5, 0.6) is 0 Å². The zero-order chi connectivity index (χ0) is 16.9. The molecule has 1 amide bonds. The molecule has 0 radical (unpaired) electrons. The molecule has 3 rings (SSSR count). The normalized spacial score (nSPS) is 17.2. The van der Waals surface area contributed by atoms with Gasteiger partial charge in [0.15, 0.2) is 11.6 Å². The first-order chi connectivity index (χ1) is 11.7. The molecule has 1 aliphatic heterocycles. The van der Waals surface area contributed by atoms with E-state index >= 15 is 0 Å². The molecule has 0 spiro atoms. The molecule has 0 bridgehead atoms. The summed E-state index contributed by atoms with van der Waals surface area (Å²) in [5.74, 6) is 1.79. The van der Waals surface area contributed by atoms with Gasteiger partial charge >= 0.3 is 0 Å². The molecule has 1 atom stereocenters. The minimum Gasteiger partial charge on any atom is -0.459 e. The SMILES string of the molecule is CCCCc1noc(C(C)N2CCN(C(=O)c3ccco3)CC2)n1. The lowest BCUT2D eigenvalue weighted by molar-refractivity contribution is 0.0524. The van der Waals surface area contributed by atoms with Crippen LogP contribution >= 0.6 is 0 Å². The van der Waals surface area contributed by atoms with Crippen LogP contribution in [0.4, 0.5) is 0 Å². The Morgan fingerprint density at radius 3 is 2.79 bits per heavy atom. The summed E-state index contributed by atoms with van der Waals surface area (Å²) in [6.45, 7) is 7.11. The Morgan fingerprint density at radius 1 is 1.33 bits per heavy atom. The molecule has 0 aliphatic carbocycles. The summed E-state index contributed by atoms with van der Waals surface area (Å²) in [5.41, 5.74) is 0. The molecule has 2 aromatic heterocycles. The first-order valence-corrected chi connectivity index (χ1v) is 8.58. The molecule has 1 fully saturated rings. The number of amides is 1. The van der Waals surface area contributed by atoms with Crippen LogP contribution in [0.3, 0.4) is 0 Å². The Kier molecular flexibility index (Phi) is 5.30. The van der Waals surface area contributed by atoms with Gasteiger partial charge in [0.1, 0.15) is 0 Å². The summed E-state index contributed by atoms with van der Waals surface area (Å²) in [4.78, 5) is 20.9. The zero-order valence-electron chi connectivity index (χ0n) is 14.3. The summed E-state index contributed by atoms with van der Waals surface area (Å²) in [6.07, 6.45) is 4.57. The Morgan fingerprint density at radius 2 is 2.12 bits per heavy atom. The molecule has 7 heteroatoms. The number of unbranched alkanes of at least 4 members (excludes halogenated alkanes) is 1. The predicted octanol–water partition coefficient (Wildman–Crippen LogP) is 2.52. The molecule has 2 aromatic rings. The van der Waals surface area contributed by atoms with E-state index in [0.29, 0.717) is 24.7 Å². The summed E-state index contributed by atoms with van der Waals surface area (Å²) in [7, 11) is 0. The molecule has 130 valence electrons. The van der Waals surface area contributed by atoms with E-state index in [9.17, 15) is 4.79 Å². The van der Waals surface area contributed by atoms with Crippen LogP contribution in [-0.4, -0.2) is 52.0 Å². The predicted molar refractivity (Wildman–Crippen MR) is 87.5 cm³/mol. The fraction of sp³-hybridized carbons (Fsp3) is 0.588. The number of nitrogens with zero attached hydrogens (tertiary/aromatic N) is 4. The molecule has 7 nitrogen and oxygen atoms in total. The van der Waals surface area contributed by atoms with Gasteiger partial charge in [0, 0.05) is 32.6 Å². The third kappa shape index (κ3) is 3.67. The summed E-state index contributed by atoms with van der Waals surface area (Å²) in [5, 5.41) is 4.06. The van der Waals surface area contributed by atoms with Crippen LogP contribution in [0.25, 0.3) is 0 Å². The number of hydrogen-bond donors (Lipinski definition) is 0. The van der Waals surface area contributed by atoms with Gasteiger partial charge < -0.3 is 13.8 Å². The maximum Gasteiger partial charge on any atom is 0.289 e. The standard InChI is InChI=1S/C17H24N4O3/c1-3-4-7-15-18-16(24-19-15)13(2)20-8-10-21(11-9-20)17(22)14-6-5-12-23-14/h5-6,12-13H,3-4,7-11H2,1-2H3. The van der Waals surface area contributed by atoms with Crippen LogP contribution in [-0.2, 0) is 6.42 Å². The van der Waals surface area contributed by atoms with Crippen molar-refractivity contribution in [3.63, 3.8) is 0 Å². The second-order valence-electron chi connectivity index (χ2n) is 6.13. The van der Waals surface area contributed by atoms with Crippen molar-refractivity contribution in [2.45, 2.75) is 39.2 Å². The quantitative estimate of drug-likeness (QED) is 0.809. The van der Waals surface area contributed by atoms with Gasteiger partial charge in [-0.15, -0.1) is 0 Å². The smallest absolute Gasteiger partial charge is 0.289 e. The van der Waals surface area contributed by atoms with Crippen LogP contribution in [0.2, 0.25) is 0 Å². The van der Waals surface area contributed by atoms with Crippen LogP contribution < -0.4 is 0 Å². The third-order valence-corrected chi connectivity index (χ3v) is 4.48. The van der Waals surface area contributed by atoms with Crippen molar-refractivity contribution >= 4 is 5.91 Å². The Hall–Kier alpha value is -2.15. The lowest BCUT2D eigenvalue weighted by Crippen LogP contribution is -2.49. The second kappa shape index (κ2) is 7.61. The van der Waals surface area contributed by atoms with Gasteiger partial charge in [-0.1, -0.05) is 18.5 Å². The molecule has 0 aromatic carbocycles. The lowest BCUT2D eigenvalue weighted by atomic mass is 10.2. The van der Waals surface area contributed by atoms with E-state index in [1.54, 1.807) is 12.1 Å². The van der Waals surface area contributed by atoms with E-state index < -0.39 is 0 Å². The zero-order valence-corrected chi connectivity index (χ0v) is 14.3. The molecular weight excluding hydrogens is 308 g/mol. The molecule has 24 heavy (non-hydrogen) atoms. The van der Waals surface area contributed by atoms with Gasteiger partial charge in [-0.05, 0) is 25.5 Å². The maximum atomic E-state index is 12.3. The van der Waals surface area contributed by atoms with E-state index in [4.69, 9.17) is 8.94 Å². The van der Waals surface area contributed by atoms with Gasteiger partial charge in [0.05, 0.1) is 12.3 Å². The third-order valence-electron chi connectivity index (χ3n) is 4.48. The highest BCUT2D eigenvalue weighted by Crippen LogP contribution is 2.21. The van der Waals surface area contributed by atoms with Crippen LogP contribution in [0, 0.1) is 0 Å². The number of aromatic nitrogens is 2. The molecule has 1 aliphatic rings. The van der Waals surface area contributed by atoms with Crippen molar-refractivity contribution in [2.75, 3.05) is 26.2 Å². The summed E-state index contributed by atoms with van der Waals surface area (Å²) >= 11 is 0. The van der Waals surface area contributed by atoms with Crippen LogP contribution in [0.15, 0.2) is 27.3 Å². The van der Waals surface area contributed by atoms with E-state index in [0.717, 1.165) is 38.2 Å². The van der Waals surface area contributed by atoms with E-state index in [1.807, 2.05) is 4.90 Å². The first-order valence-electron chi connectivity index (χ1n) is 8.58. The first kappa shape index (κ1) is 16.7. The van der Waals surface area contributed by atoms with Crippen molar-refractivity contribution in [1.29, 1.82) is 0 Å². The van der Waals surface area contributed by atoms with Gasteiger partial charge in [0.25, 0.3) is 5.91 Å². The average molecular weight is 332 g/mol. The monoisotopic (exact) mass is 332 g/mol. The lowest BCUT2D eigenvalue weighted by Gasteiger charge is -2.36. The second-order valence-corrected chi connectivity index (χ2v) is 6.13. The van der Waals surface area contributed by atoms with Gasteiger partial charge in [-0.3, -0.25) is 9.69 Å². The molecule has 1 unspecified atom stereocenters. The van der Waals surface area contributed by atoms with Crippen molar-refractivity contribution in [2.24, 2.45) is 0 Å². The number of carbonyl (C=O) groups is 1. The van der Waals surface area contributed by atoms with E-state index in [-0.39, 0.29) is 11.9 Å². The van der Waals surface area contributed by atoms with Gasteiger partial charge in [-0.2, -0.15) is 4.98 Å². The van der Waals surface area contributed by atoms with Crippen molar-refractivity contribution in [1.82, 2.24) is 19.9 Å². The largest absolute Gasteiger partial charge is 0.459 e. The molecule has 3 heterocycles. The molecule has 0 saturated carbocycles. The molecular formula is C17H24N4O3. The number of piperazine rings is 1. The number of aryl methyl sites for hydroxylation is 1. The summed E-state index contributed by atoms with van der Waals surface area (Å²) in [6, 6.07) is 3.50. The Bertz CT molecular complexity index is 645. The van der Waals surface area contributed by atoms with Gasteiger partial charge in [0.2, 0.25) is 5.89 Å². The van der Waals surface area contributed by atoms with E-state index in [1.165, 1.54) is 6.26 Å². The summed E-state index contributed by atoms with van der Waals surface area (Å²) < 4.78 is 10.6. The number of hydrogen-bond acceptors (Lipinski definition) is 6. The number of carbonyl (C=O) groups excluding carboxylic acids is 1. The van der Waals surface area contributed by atoms with E-state index in [2.05, 4.69) is 28.9 Å². The van der Waals surface area contributed by atoms with Crippen molar-refractivity contribution in [3.8, 4) is 0 Å². The molecule has 1 saturated heterocycles. The number of rotatable bonds is 6. The minimum absolute atomic E-state index is 0.0491. The Balaban J connectivity index is 1.54. The fourth-order valence-corrected chi connectivity index (χ4v) is 2.90. The Labute approximate surface area is 141 Å². The van der Waals surface area contributed by atoms with Gasteiger partial charge in [-0.25, -0.2) is 0 Å². The highest BCUT2D eigenvalue weighted by molar-refractivity contribution is 5.91. The highest BCUT2D eigenvalue weighted by Gasteiger charge is 2.28. The highest BCUT2D eigenvalue weighted by atomic mass is 16.5. The van der Waals surface area contributed by atoms with Crippen molar-refractivity contribution in [3.05, 3.63) is 35.9 Å². The van der Waals surface area contributed by atoms with Crippen molar-refractivity contribution < 1.29 is 13.7 Å².